The SMILES string of the molecule is CCC(COC)NC(=O)c1cc(NC)ccn1. The van der Waals surface area contributed by atoms with Gasteiger partial charge in [0, 0.05) is 26.0 Å². The summed E-state index contributed by atoms with van der Waals surface area (Å²) in [5.74, 6) is -0.175. The van der Waals surface area contributed by atoms with Gasteiger partial charge in [0.2, 0.25) is 0 Å². The van der Waals surface area contributed by atoms with Crippen LogP contribution < -0.4 is 10.6 Å². The van der Waals surface area contributed by atoms with Gasteiger partial charge in [-0.2, -0.15) is 0 Å². The smallest absolute Gasteiger partial charge is 0.270 e. The lowest BCUT2D eigenvalue weighted by atomic mass is 10.2. The molecule has 0 fully saturated rings. The predicted octanol–water partition coefficient (Wildman–Crippen LogP) is 1.28. The van der Waals surface area contributed by atoms with Crippen molar-refractivity contribution in [1.82, 2.24) is 10.3 Å². The minimum Gasteiger partial charge on any atom is -0.388 e. The van der Waals surface area contributed by atoms with E-state index < -0.39 is 0 Å². The summed E-state index contributed by atoms with van der Waals surface area (Å²) in [6, 6.07) is 3.55. The molecule has 0 saturated carbocycles. The van der Waals surface area contributed by atoms with Gasteiger partial charge >= 0.3 is 0 Å². The summed E-state index contributed by atoms with van der Waals surface area (Å²) in [4.78, 5) is 15.9. The van der Waals surface area contributed by atoms with Gasteiger partial charge < -0.3 is 15.4 Å². The van der Waals surface area contributed by atoms with E-state index in [9.17, 15) is 4.79 Å². The molecular formula is C12H19N3O2. The maximum atomic E-state index is 11.9. The molecule has 1 heterocycles. The Morgan fingerprint density at radius 1 is 1.59 bits per heavy atom. The lowest BCUT2D eigenvalue weighted by Gasteiger charge is -2.15. The zero-order chi connectivity index (χ0) is 12.7. The highest BCUT2D eigenvalue weighted by molar-refractivity contribution is 5.93. The summed E-state index contributed by atoms with van der Waals surface area (Å²) in [5.41, 5.74) is 1.27. The van der Waals surface area contributed by atoms with Crippen molar-refractivity contribution >= 4 is 11.6 Å². The first kappa shape index (κ1) is 13.4. The largest absolute Gasteiger partial charge is 0.388 e. The first-order chi connectivity index (χ1) is 8.21. The number of aromatic nitrogens is 1. The third kappa shape index (κ3) is 4.03. The Morgan fingerprint density at radius 3 is 2.94 bits per heavy atom. The molecule has 0 aromatic carbocycles. The van der Waals surface area contributed by atoms with Gasteiger partial charge in [0.15, 0.2) is 0 Å². The van der Waals surface area contributed by atoms with Crippen LogP contribution in [0.3, 0.4) is 0 Å². The molecule has 94 valence electrons. The van der Waals surface area contributed by atoms with E-state index in [2.05, 4.69) is 15.6 Å². The Balaban J connectivity index is 2.68. The van der Waals surface area contributed by atoms with Crippen LogP contribution in [-0.2, 0) is 4.74 Å². The van der Waals surface area contributed by atoms with Gasteiger partial charge in [0.05, 0.1) is 12.6 Å². The maximum Gasteiger partial charge on any atom is 0.270 e. The highest BCUT2D eigenvalue weighted by atomic mass is 16.5. The number of nitrogens with one attached hydrogen (secondary N) is 2. The Hall–Kier alpha value is -1.62. The van der Waals surface area contributed by atoms with Gasteiger partial charge in [-0.15, -0.1) is 0 Å². The first-order valence-corrected chi connectivity index (χ1v) is 5.64. The van der Waals surface area contributed by atoms with Crippen LogP contribution in [0.4, 0.5) is 5.69 Å². The summed E-state index contributed by atoms with van der Waals surface area (Å²) < 4.78 is 5.03. The molecule has 0 aliphatic heterocycles. The molecular weight excluding hydrogens is 218 g/mol. The van der Waals surface area contributed by atoms with Crippen LogP contribution in [0.15, 0.2) is 18.3 Å². The van der Waals surface area contributed by atoms with E-state index in [4.69, 9.17) is 4.74 Å². The summed E-state index contributed by atoms with van der Waals surface area (Å²) in [7, 11) is 3.42. The zero-order valence-electron chi connectivity index (χ0n) is 10.5. The lowest BCUT2D eigenvalue weighted by molar-refractivity contribution is 0.0889. The van der Waals surface area contributed by atoms with Gasteiger partial charge in [-0.05, 0) is 18.6 Å². The predicted molar refractivity (Wildman–Crippen MR) is 67.2 cm³/mol. The second kappa shape index (κ2) is 6.85. The van der Waals surface area contributed by atoms with Crippen molar-refractivity contribution in [3.05, 3.63) is 24.0 Å². The quantitative estimate of drug-likeness (QED) is 0.782. The van der Waals surface area contributed by atoms with Gasteiger partial charge in [-0.25, -0.2) is 0 Å². The molecule has 1 amide bonds. The number of hydrogen-bond donors (Lipinski definition) is 2. The second-order valence-electron chi connectivity index (χ2n) is 3.71. The van der Waals surface area contributed by atoms with E-state index in [0.29, 0.717) is 12.3 Å². The fraction of sp³-hybridized carbons (Fsp3) is 0.500. The average Bonchev–Trinajstić information content (AvgIpc) is 2.38. The third-order valence-corrected chi connectivity index (χ3v) is 2.48. The van der Waals surface area contributed by atoms with Crippen molar-refractivity contribution in [3.8, 4) is 0 Å². The monoisotopic (exact) mass is 237 g/mol. The van der Waals surface area contributed by atoms with Crippen LogP contribution in [0, 0.1) is 0 Å². The molecule has 1 unspecified atom stereocenters. The fourth-order valence-corrected chi connectivity index (χ4v) is 1.43. The van der Waals surface area contributed by atoms with Crippen LogP contribution in [0.5, 0.6) is 0 Å². The summed E-state index contributed by atoms with van der Waals surface area (Å²) in [6.07, 6.45) is 2.43. The van der Waals surface area contributed by atoms with Crippen molar-refractivity contribution < 1.29 is 9.53 Å². The Labute approximate surface area is 102 Å². The third-order valence-electron chi connectivity index (χ3n) is 2.48. The second-order valence-corrected chi connectivity index (χ2v) is 3.71. The summed E-state index contributed by atoms with van der Waals surface area (Å²) in [5, 5.41) is 5.85. The average molecular weight is 237 g/mol. The number of anilines is 1. The Kier molecular flexibility index (Phi) is 5.42. The molecule has 0 spiro atoms. The number of ether oxygens (including phenoxy) is 1. The fourth-order valence-electron chi connectivity index (χ4n) is 1.43. The van der Waals surface area contributed by atoms with Crippen molar-refractivity contribution in [1.29, 1.82) is 0 Å². The molecule has 0 saturated heterocycles. The number of amides is 1. The summed E-state index contributed by atoms with van der Waals surface area (Å²) >= 11 is 0. The first-order valence-electron chi connectivity index (χ1n) is 5.64. The molecule has 5 heteroatoms. The molecule has 0 radical (unpaired) electrons. The highest BCUT2D eigenvalue weighted by Crippen LogP contribution is 2.07. The molecule has 1 rings (SSSR count). The summed E-state index contributed by atoms with van der Waals surface area (Å²) in [6.45, 7) is 2.51. The molecule has 0 aliphatic rings. The molecule has 1 atom stereocenters. The van der Waals surface area contributed by atoms with E-state index in [1.807, 2.05) is 13.0 Å². The molecule has 2 N–H and O–H groups in total. The van der Waals surface area contributed by atoms with Gasteiger partial charge in [-0.3, -0.25) is 9.78 Å². The number of nitrogens with zero attached hydrogens (tertiary/aromatic N) is 1. The van der Waals surface area contributed by atoms with Crippen molar-refractivity contribution in [3.63, 3.8) is 0 Å². The van der Waals surface area contributed by atoms with Crippen LogP contribution in [0.25, 0.3) is 0 Å². The molecule has 1 aromatic rings. The number of pyridine rings is 1. The van der Waals surface area contributed by atoms with Crippen molar-refractivity contribution in [2.24, 2.45) is 0 Å². The topological polar surface area (TPSA) is 63.2 Å². The number of methoxy groups -OCH3 is 1. The highest BCUT2D eigenvalue weighted by Gasteiger charge is 2.13. The van der Waals surface area contributed by atoms with Crippen LogP contribution in [0.1, 0.15) is 23.8 Å². The maximum absolute atomic E-state index is 11.9. The van der Waals surface area contributed by atoms with Gasteiger partial charge in [0.1, 0.15) is 5.69 Å². The minimum atomic E-state index is -0.175. The molecule has 0 bridgehead atoms. The van der Waals surface area contributed by atoms with Crippen molar-refractivity contribution in [2.75, 3.05) is 26.1 Å². The number of carbonyl (C=O) groups excluding carboxylic acids is 1. The van der Waals surface area contributed by atoms with Gasteiger partial charge in [0.25, 0.3) is 5.91 Å². The Bertz CT molecular complexity index is 369. The standard InChI is InChI=1S/C12H19N3O2/c1-4-9(8-17-3)15-12(16)11-7-10(13-2)5-6-14-11/h5-7,9H,4,8H2,1-3H3,(H,13,14)(H,15,16). The van der Waals surface area contributed by atoms with Crippen LogP contribution >= 0.6 is 0 Å². The van der Waals surface area contributed by atoms with E-state index in [1.54, 1.807) is 26.4 Å². The number of hydrogen-bond acceptors (Lipinski definition) is 4. The van der Waals surface area contributed by atoms with Crippen molar-refractivity contribution in [2.45, 2.75) is 19.4 Å². The van der Waals surface area contributed by atoms with Gasteiger partial charge in [-0.1, -0.05) is 6.92 Å². The van der Waals surface area contributed by atoms with E-state index in [-0.39, 0.29) is 11.9 Å². The van der Waals surface area contributed by atoms with Crippen LogP contribution in [0.2, 0.25) is 0 Å². The Morgan fingerprint density at radius 2 is 2.35 bits per heavy atom. The number of carbonyl (C=O) groups is 1. The molecule has 17 heavy (non-hydrogen) atoms. The lowest BCUT2D eigenvalue weighted by Crippen LogP contribution is -2.37. The van der Waals surface area contributed by atoms with E-state index in [0.717, 1.165) is 12.1 Å². The molecule has 1 aromatic heterocycles. The molecule has 5 nitrogen and oxygen atoms in total. The molecule has 0 aliphatic carbocycles. The van der Waals surface area contributed by atoms with E-state index >= 15 is 0 Å². The number of rotatable bonds is 6. The normalized spacial score (nSPS) is 11.9. The minimum absolute atomic E-state index is 0.0209. The zero-order valence-corrected chi connectivity index (χ0v) is 10.5. The van der Waals surface area contributed by atoms with E-state index in [1.165, 1.54) is 0 Å². The van der Waals surface area contributed by atoms with Crippen LogP contribution in [-0.4, -0.2) is 37.7 Å².